The van der Waals surface area contributed by atoms with Crippen molar-refractivity contribution in [3.63, 3.8) is 0 Å². The molecule has 0 bridgehead atoms. The molecule has 1 N–H and O–H groups in total. The second-order valence-electron chi connectivity index (χ2n) is 8.90. The SMILES string of the molecule is CN1CC(C(=O)NC(C)(C)c2cccc3ccccc23)CC(C)(C)C1. The van der Waals surface area contributed by atoms with E-state index in [4.69, 9.17) is 0 Å². The third kappa shape index (κ3) is 3.87. The molecule has 0 radical (unpaired) electrons. The number of likely N-dealkylation sites (tertiary alicyclic amines) is 1. The van der Waals surface area contributed by atoms with E-state index in [9.17, 15) is 4.79 Å². The fourth-order valence-electron chi connectivity index (χ4n) is 4.39. The number of rotatable bonds is 3. The smallest absolute Gasteiger partial charge is 0.225 e. The van der Waals surface area contributed by atoms with Gasteiger partial charge in [0, 0.05) is 13.1 Å². The lowest BCUT2D eigenvalue weighted by atomic mass is 9.78. The number of amides is 1. The molecule has 0 saturated carbocycles. The molecule has 0 spiro atoms. The van der Waals surface area contributed by atoms with Crippen LogP contribution in [0, 0.1) is 11.3 Å². The Hall–Kier alpha value is -1.87. The summed E-state index contributed by atoms with van der Waals surface area (Å²) in [4.78, 5) is 15.3. The van der Waals surface area contributed by atoms with Crippen LogP contribution < -0.4 is 5.32 Å². The molecular formula is C22H30N2O. The van der Waals surface area contributed by atoms with Crippen LogP contribution in [0.4, 0.5) is 0 Å². The Labute approximate surface area is 151 Å². The molecule has 0 aliphatic carbocycles. The van der Waals surface area contributed by atoms with Gasteiger partial charge in [0.1, 0.15) is 0 Å². The predicted molar refractivity (Wildman–Crippen MR) is 105 cm³/mol. The van der Waals surface area contributed by atoms with E-state index in [1.165, 1.54) is 16.3 Å². The average Bonchev–Trinajstić information content (AvgIpc) is 2.52. The van der Waals surface area contributed by atoms with Gasteiger partial charge >= 0.3 is 0 Å². The predicted octanol–water partition coefficient (Wildman–Crippen LogP) is 4.17. The van der Waals surface area contributed by atoms with Crippen molar-refractivity contribution in [2.24, 2.45) is 11.3 Å². The second-order valence-corrected chi connectivity index (χ2v) is 8.90. The Morgan fingerprint density at radius 3 is 2.56 bits per heavy atom. The standard InChI is InChI=1S/C22H30N2O/c1-21(2)13-17(14-24(5)15-21)20(25)23-22(3,4)19-12-8-10-16-9-6-7-11-18(16)19/h6-12,17H,13-15H2,1-5H3,(H,23,25). The summed E-state index contributed by atoms with van der Waals surface area (Å²) in [5, 5.41) is 5.74. The van der Waals surface area contributed by atoms with Crippen molar-refractivity contribution in [3.05, 3.63) is 48.0 Å². The highest BCUT2D eigenvalue weighted by Gasteiger charge is 2.36. The van der Waals surface area contributed by atoms with Crippen LogP contribution in [-0.4, -0.2) is 30.9 Å². The molecule has 3 nitrogen and oxygen atoms in total. The number of hydrogen-bond donors (Lipinski definition) is 1. The van der Waals surface area contributed by atoms with Gasteiger partial charge in [0.15, 0.2) is 0 Å². The van der Waals surface area contributed by atoms with E-state index in [-0.39, 0.29) is 17.2 Å². The van der Waals surface area contributed by atoms with Gasteiger partial charge < -0.3 is 10.2 Å². The van der Waals surface area contributed by atoms with Gasteiger partial charge in [-0.3, -0.25) is 4.79 Å². The number of benzene rings is 2. The van der Waals surface area contributed by atoms with Gasteiger partial charge in [-0.15, -0.1) is 0 Å². The summed E-state index contributed by atoms with van der Waals surface area (Å²) in [7, 11) is 2.11. The second kappa shape index (κ2) is 6.45. The molecule has 2 aromatic rings. The monoisotopic (exact) mass is 338 g/mol. The van der Waals surface area contributed by atoms with Crippen molar-refractivity contribution in [1.82, 2.24) is 10.2 Å². The quantitative estimate of drug-likeness (QED) is 0.911. The Morgan fingerprint density at radius 2 is 1.84 bits per heavy atom. The van der Waals surface area contributed by atoms with E-state index < -0.39 is 5.54 Å². The molecule has 3 heteroatoms. The normalized spacial score (nSPS) is 21.2. The number of piperidine rings is 1. The van der Waals surface area contributed by atoms with Crippen molar-refractivity contribution < 1.29 is 4.79 Å². The van der Waals surface area contributed by atoms with Gasteiger partial charge in [-0.05, 0) is 49.1 Å². The molecule has 1 saturated heterocycles. The first kappa shape index (κ1) is 17.9. The molecule has 1 aliphatic heterocycles. The zero-order chi connectivity index (χ0) is 18.2. The zero-order valence-corrected chi connectivity index (χ0v) is 16.1. The number of carbonyl (C=O) groups excluding carboxylic acids is 1. The lowest BCUT2D eigenvalue weighted by Crippen LogP contribution is -2.51. The van der Waals surface area contributed by atoms with E-state index in [0.717, 1.165) is 19.5 Å². The van der Waals surface area contributed by atoms with E-state index in [1.807, 2.05) is 0 Å². The van der Waals surface area contributed by atoms with E-state index in [1.54, 1.807) is 0 Å². The first-order valence-corrected chi connectivity index (χ1v) is 9.17. The molecule has 2 aromatic carbocycles. The highest BCUT2D eigenvalue weighted by atomic mass is 16.2. The maximum atomic E-state index is 13.0. The van der Waals surface area contributed by atoms with Crippen LogP contribution >= 0.6 is 0 Å². The Bertz CT molecular complexity index is 773. The van der Waals surface area contributed by atoms with E-state index in [0.29, 0.717) is 0 Å². The van der Waals surface area contributed by atoms with Crippen LogP contribution in [0.2, 0.25) is 0 Å². The van der Waals surface area contributed by atoms with Crippen molar-refractivity contribution in [2.75, 3.05) is 20.1 Å². The largest absolute Gasteiger partial charge is 0.347 e. The number of nitrogens with one attached hydrogen (secondary N) is 1. The molecule has 0 aromatic heterocycles. The van der Waals surface area contributed by atoms with Gasteiger partial charge in [-0.25, -0.2) is 0 Å². The highest BCUT2D eigenvalue weighted by molar-refractivity contribution is 5.88. The Morgan fingerprint density at radius 1 is 1.16 bits per heavy atom. The van der Waals surface area contributed by atoms with Gasteiger partial charge in [-0.2, -0.15) is 0 Å². The minimum absolute atomic E-state index is 0.0444. The summed E-state index contributed by atoms with van der Waals surface area (Å²) >= 11 is 0. The van der Waals surface area contributed by atoms with Gasteiger partial charge in [-0.1, -0.05) is 56.3 Å². The Kier molecular flexibility index (Phi) is 4.63. The summed E-state index contributed by atoms with van der Waals surface area (Å²) in [5.41, 5.74) is 0.943. The molecule has 1 aliphatic rings. The van der Waals surface area contributed by atoms with Crippen molar-refractivity contribution in [3.8, 4) is 0 Å². The van der Waals surface area contributed by atoms with E-state index >= 15 is 0 Å². The third-order valence-electron chi connectivity index (χ3n) is 5.30. The summed E-state index contributed by atoms with van der Waals surface area (Å²) in [5.74, 6) is 0.209. The number of fused-ring (bicyclic) bond motifs is 1. The molecular weight excluding hydrogens is 308 g/mol. The summed E-state index contributed by atoms with van der Waals surface area (Å²) in [6, 6.07) is 14.7. The first-order valence-electron chi connectivity index (χ1n) is 9.17. The minimum atomic E-state index is -0.405. The van der Waals surface area contributed by atoms with Gasteiger partial charge in [0.05, 0.1) is 11.5 Å². The summed E-state index contributed by atoms with van der Waals surface area (Å²) in [6.45, 7) is 10.6. The fraction of sp³-hybridized carbons (Fsp3) is 0.500. The molecule has 134 valence electrons. The molecule has 1 fully saturated rings. The average molecular weight is 338 g/mol. The van der Waals surface area contributed by atoms with Crippen LogP contribution in [0.3, 0.4) is 0 Å². The molecule has 1 unspecified atom stereocenters. The number of nitrogens with zero attached hydrogens (tertiary/aromatic N) is 1. The summed E-state index contributed by atoms with van der Waals surface area (Å²) in [6.07, 6.45) is 0.939. The van der Waals surface area contributed by atoms with Crippen LogP contribution in [0.5, 0.6) is 0 Å². The topological polar surface area (TPSA) is 32.3 Å². The zero-order valence-electron chi connectivity index (χ0n) is 16.1. The molecule has 3 rings (SSSR count). The van der Waals surface area contributed by atoms with Crippen LogP contribution in [0.15, 0.2) is 42.5 Å². The highest BCUT2D eigenvalue weighted by Crippen LogP contribution is 2.33. The van der Waals surface area contributed by atoms with Crippen molar-refractivity contribution >= 4 is 16.7 Å². The van der Waals surface area contributed by atoms with Crippen LogP contribution in [0.25, 0.3) is 10.8 Å². The molecule has 1 atom stereocenters. The van der Waals surface area contributed by atoms with Crippen molar-refractivity contribution in [2.45, 2.75) is 39.7 Å². The van der Waals surface area contributed by atoms with Gasteiger partial charge in [0.2, 0.25) is 5.91 Å². The summed E-state index contributed by atoms with van der Waals surface area (Å²) < 4.78 is 0. The van der Waals surface area contributed by atoms with Crippen molar-refractivity contribution in [1.29, 1.82) is 0 Å². The molecule has 1 amide bonds. The third-order valence-corrected chi connectivity index (χ3v) is 5.30. The van der Waals surface area contributed by atoms with Gasteiger partial charge in [0.25, 0.3) is 0 Å². The lowest BCUT2D eigenvalue weighted by Gasteiger charge is -2.41. The number of carbonyl (C=O) groups is 1. The maximum Gasteiger partial charge on any atom is 0.225 e. The van der Waals surface area contributed by atoms with Crippen LogP contribution in [0.1, 0.15) is 39.7 Å². The molecule has 1 heterocycles. The Balaban J connectivity index is 1.84. The number of hydrogen-bond acceptors (Lipinski definition) is 2. The van der Waals surface area contributed by atoms with Crippen LogP contribution in [-0.2, 0) is 10.3 Å². The molecule has 25 heavy (non-hydrogen) atoms. The minimum Gasteiger partial charge on any atom is -0.347 e. The first-order chi connectivity index (χ1) is 11.7. The van der Waals surface area contributed by atoms with E-state index in [2.05, 4.69) is 87.4 Å². The lowest BCUT2D eigenvalue weighted by molar-refractivity contribution is -0.130. The fourth-order valence-corrected chi connectivity index (χ4v) is 4.39. The maximum absolute atomic E-state index is 13.0.